The zero-order valence-electron chi connectivity index (χ0n) is 18.3. The van der Waals surface area contributed by atoms with E-state index in [1.807, 2.05) is 60.8 Å². The average Bonchev–Trinajstić information content (AvgIpc) is 3.22. The number of thiazole rings is 1. The standard InChI is InChI=1S/C26H24N4O2S/c1-15-14-33-25(27-15)17-6-4-5-16(9-17)23(31)28-19-12-26(13-19)10-18(11-26)22-20-7-2-3-8-21(20)24(32)30-29-22/h2-9,14,18-19H,10-13H2,1H3,(H,28,31)(H,30,32)/t18-,19-,26?. The number of hydrogen-bond donors (Lipinski definition) is 2. The van der Waals surface area contributed by atoms with E-state index in [2.05, 4.69) is 20.5 Å². The maximum atomic E-state index is 12.8. The Kier molecular flexibility index (Phi) is 4.69. The van der Waals surface area contributed by atoms with Crippen LogP contribution in [0.4, 0.5) is 0 Å². The van der Waals surface area contributed by atoms with Crippen molar-refractivity contribution in [3.05, 3.63) is 81.2 Å². The van der Waals surface area contributed by atoms with E-state index in [0.29, 0.717) is 22.3 Å². The van der Waals surface area contributed by atoms with Gasteiger partial charge in [-0.2, -0.15) is 5.10 Å². The third-order valence-electron chi connectivity index (χ3n) is 7.16. The zero-order chi connectivity index (χ0) is 22.6. The maximum Gasteiger partial charge on any atom is 0.272 e. The first-order valence-electron chi connectivity index (χ1n) is 11.3. The topological polar surface area (TPSA) is 87.7 Å². The molecule has 2 N–H and O–H groups in total. The Balaban J connectivity index is 1.09. The fourth-order valence-corrected chi connectivity index (χ4v) is 6.39. The van der Waals surface area contributed by atoms with Crippen LogP contribution < -0.4 is 10.9 Å². The minimum atomic E-state index is -0.135. The van der Waals surface area contributed by atoms with Crippen LogP contribution in [0.2, 0.25) is 0 Å². The van der Waals surface area contributed by atoms with Gasteiger partial charge in [-0.3, -0.25) is 9.59 Å². The quantitative estimate of drug-likeness (QED) is 0.461. The summed E-state index contributed by atoms with van der Waals surface area (Å²) < 4.78 is 0. The largest absolute Gasteiger partial charge is 0.349 e. The molecule has 2 fully saturated rings. The molecule has 2 aliphatic rings. The van der Waals surface area contributed by atoms with Crippen molar-refractivity contribution in [3.63, 3.8) is 0 Å². The first-order chi connectivity index (χ1) is 16.0. The van der Waals surface area contributed by atoms with Crippen LogP contribution in [0.15, 0.2) is 58.7 Å². The lowest BCUT2D eigenvalue weighted by molar-refractivity contribution is -0.0196. The molecule has 0 radical (unpaired) electrons. The third kappa shape index (κ3) is 3.56. The van der Waals surface area contributed by atoms with Crippen LogP contribution in [0.25, 0.3) is 21.3 Å². The van der Waals surface area contributed by atoms with Crippen molar-refractivity contribution in [2.75, 3.05) is 0 Å². The number of rotatable bonds is 4. The molecule has 2 heterocycles. The fraction of sp³-hybridized carbons (Fsp3) is 0.308. The molecule has 2 aromatic heterocycles. The SMILES string of the molecule is Cc1csc(-c2cccc(C(=O)N[C@H]3CC4(C3)C[C@H](c3n[nH]c(=O)c5ccccc53)C4)c2)n1. The molecule has 33 heavy (non-hydrogen) atoms. The van der Waals surface area contributed by atoms with Gasteiger partial charge >= 0.3 is 0 Å². The van der Waals surface area contributed by atoms with Gasteiger partial charge in [0.1, 0.15) is 5.01 Å². The van der Waals surface area contributed by atoms with Crippen LogP contribution in [-0.4, -0.2) is 27.1 Å². The Morgan fingerprint density at radius 1 is 1.09 bits per heavy atom. The number of H-pyrrole nitrogens is 1. The first kappa shape index (κ1) is 20.3. The highest BCUT2D eigenvalue weighted by molar-refractivity contribution is 7.13. The Labute approximate surface area is 195 Å². The molecule has 4 aromatic rings. The zero-order valence-corrected chi connectivity index (χ0v) is 19.1. The molecule has 2 aromatic carbocycles. The summed E-state index contributed by atoms with van der Waals surface area (Å²) in [6.45, 7) is 1.98. The van der Waals surface area contributed by atoms with Gasteiger partial charge < -0.3 is 5.32 Å². The van der Waals surface area contributed by atoms with Crippen molar-refractivity contribution in [2.45, 2.75) is 44.6 Å². The number of carbonyl (C=O) groups excluding carboxylic acids is 1. The molecule has 0 aliphatic heterocycles. The number of aryl methyl sites for hydroxylation is 1. The maximum absolute atomic E-state index is 12.8. The molecule has 7 heteroatoms. The summed E-state index contributed by atoms with van der Waals surface area (Å²) in [6.07, 6.45) is 4.12. The second kappa shape index (κ2) is 7.63. The predicted octanol–water partition coefficient (Wildman–Crippen LogP) is 4.81. The van der Waals surface area contributed by atoms with Crippen LogP contribution in [0.1, 0.15) is 53.3 Å². The molecule has 2 aliphatic carbocycles. The fourth-order valence-electron chi connectivity index (χ4n) is 5.60. The molecule has 1 amide bonds. The van der Waals surface area contributed by atoms with Crippen molar-refractivity contribution >= 4 is 28.0 Å². The molecule has 6 rings (SSSR count). The molecule has 6 nitrogen and oxygen atoms in total. The van der Waals surface area contributed by atoms with Crippen molar-refractivity contribution < 1.29 is 4.79 Å². The van der Waals surface area contributed by atoms with Gasteiger partial charge in [-0.05, 0) is 56.2 Å². The Morgan fingerprint density at radius 2 is 1.88 bits per heavy atom. The van der Waals surface area contributed by atoms with Crippen LogP contribution in [0, 0.1) is 12.3 Å². The molecular formula is C26H24N4O2S. The van der Waals surface area contributed by atoms with E-state index < -0.39 is 0 Å². The van der Waals surface area contributed by atoms with Gasteiger partial charge in [0, 0.05) is 39.5 Å². The summed E-state index contributed by atoms with van der Waals surface area (Å²) in [5.41, 5.74) is 3.81. The smallest absolute Gasteiger partial charge is 0.272 e. The highest BCUT2D eigenvalue weighted by Crippen LogP contribution is 2.62. The number of nitrogens with zero attached hydrogens (tertiary/aromatic N) is 2. The van der Waals surface area contributed by atoms with Gasteiger partial charge in [-0.15, -0.1) is 11.3 Å². The van der Waals surface area contributed by atoms with E-state index in [9.17, 15) is 9.59 Å². The molecular weight excluding hydrogens is 432 g/mol. The lowest BCUT2D eigenvalue weighted by Crippen LogP contribution is -2.55. The monoisotopic (exact) mass is 456 g/mol. The van der Waals surface area contributed by atoms with Crippen LogP contribution >= 0.6 is 11.3 Å². The Hall–Kier alpha value is -3.32. The van der Waals surface area contributed by atoms with Gasteiger partial charge in [0.25, 0.3) is 11.5 Å². The molecule has 1 spiro atoms. The number of hydrogen-bond acceptors (Lipinski definition) is 5. The summed E-state index contributed by atoms with van der Waals surface area (Å²) in [5, 5.41) is 14.9. The summed E-state index contributed by atoms with van der Waals surface area (Å²) in [5.74, 6) is 0.344. The number of nitrogens with one attached hydrogen (secondary N) is 2. The number of fused-ring (bicyclic) bond motifs is 1. The highest BCUT2D eigenvalue weighted by Gasteiger charge is 2.54. The second-order valence-corrected chi connectivity index (χ2v) is 10.4. The van der Waals surface area contributed by atoms with Gasteiger partial charge in [0.2, 0.25) is 0 Å². The number of carbonyl (C=O) groups is 1. The number of aromatic amines is 1. The van der Waals surface area contributed by atoms with E-state index in [1.54, 1.807) is 11.3 Å². The van der Waals surface area contributed by atoms with E-state index in [-0.39, 0.29) is 17.5 Å². The van der Waals surface area contributed by atoms with E-state index >= 15 is 0 Å². The van der Waals surface area contributed by atoms with Crippen LogP contribution in [0.5, 0.6) is 0 Å². The van der Waals surface area contributed by atoms with Gasteiger partial charge in [-0.25, -0.2) is 10.1 Å². The lowest BCUT2D eigenvalue weighted by Gasteiger charge is -2.57. The Bertz CT molecular complexity index is 1430. The van der Waals surface area contributed by atoms with Crippen LogP contribution in [-0.2, 0) is 0 Å². The van der Waals surface area contributed by atoms with Crippen molar-refractivity contribution in [3.8, 4) is 10.6 Å². The van der Waals surface area contributed by atoms with E-state index in [4.69, 9.17) is 0 Å². The third-order valence-corrected chi connectivity index (χ3v) is 8.17. The summed E-state index contributed by atoms with van der Waals surface area (Å²) >= 11 is 1.60. The normalized spacial score (nSPS) is 23.8. The molecule has 0 atom stereocenters. The Morgan fingerprint density at radius 3 is 2.64 bits per heavy atom. The lowest BCUT2D eigenvalue weighted by atomic mass is 9.49. The minimum Gasteiger partial charge on any atom is -0.349 e. The second-order valence-electron chi connectivity index (χ2n) is 9.54. The molecule has 0 saturated heterocycles. The summed E-state index contributed by atoms with van der Waals surface area (Å²) in [6, 6.07) is 15.6. The predicted molar refractivity (Wildman–Crippen MR) is 130 cm³/mol. The van der Waals surface area contributed by atoms with E-state index in [0.717, 1.165) is 53.0 Å². The minimum absolute atomic E-state index is 0.0193. The molecule has 0 bridgehead atoms. The van der Waals surface area contributed by atoms with Gasteiger partial charge in [0.05, 0.1) is 11.1 Å². The number of aromatic nitrogens is 3. The van der Waals surface area contributed by atoms with Crippen molar-refractivity contribution in [2.24, 2.45) is 5.41 Å². The number of amides is 1. The number of benzene rings is 2. The molecule has 0 unspecified atom stereocenters. The van der Waals surface area contributed by atoms with Crippen LogP contribution in [0.3, 0.4) is 0 Å². The van der Waals surface area contributed by atoms with E-state index in [1.165, 1.54) is 0 Å². The van der Waals surface area contributed by atoms with Crippen molar-refractivity contribution in [1.82, 2.24) is 20.5 Å². The average molecular weight is 457 g/mol. The molecule has 166 valence electrons. The van der Waals surface area contributed by atoms with Gasteiger partial charge in [0.15, 0.2) is 0 Å². The first-order valence-corrected chi connectivity index (χ1v) is 12.2. The van der Waals surface area contributed by atoms with Crippen molar-refractivity contribution in [1.29, 1.82) is 0 Å². The summed E-state index contributed by atoms with van der Waals surface area (Å²) in [7, 11) is 0. The van der Waals surface area contributed by atoms with Gasteiger partial charge in [-0.1, -0.05) is 30.3 Å². The molecule has 2 saturated carbocycles. The highest BCUT2D eigenvalue weighted by atomic mass is 32.1. The summed E-state index contributed by atoms with van der Waals surface area (Å²) in [4.78, 5) is 29.4.